The number of benzene rings is 2. The van der Waals surface area contributed by atoms with E-state index in [0.29, 0.717) is 5.69 Å². The smallest absolute Gasteiger partial charge is 0.411 e. The molecule has 1 aliphatic heterocycles. The van der Waals surface area contributed by atoms with Crippen molar-refractivity contribution in [2.75, 3.05) is 32.1 Å². The van der Waals surface area contributed by atoms with E-state index >= 15 is 0 Å². The van der Waals surface area contributed by atoms with Crippen LogP contribution in [-0.2, 0) is 20.8 Å². The molecule has 0 bridgehead atoms. The fourth-order valence-electron chi connectivity index (χ4n) is 3.94. The van der Waals surface area contributed by atoms with Crippen molar-refractivity contribution in [3.05, 3.63) is 90.5 Å². The molecule has 1 amide bonds. The Hall–Kier alpha value is -2.97. The van der Waals surface area contributed by atoms with Crippen LogP contribution < -0.4 is 5.32 Å². The summed E-state index contributed by atoms with van der Waals surface area (Å²) in [6.45, 7) is 11.1. The fourth-order valence-corrected chi connectivity index (χ4v) is 3.94. The largest absolute Gasteiger partial charge is 0.445 e. The zero-order chi connectivity index (χ0) is 24.5. The van der Waals surface area contributed by atoms with E-state index in [1.807, 2.05) is 49.5 Å². The molecule has 2 N–H and O–H groups in total. The first-order valence-electron chi connectivity index (χ1n) is 11.4. The lowest BCUT2D eigenvalue weighted by Gasteiger charge is -2.42. The van der Waals surface area contributed by atoms with Crippen LogP contribution in [0.4, 0.5) is 10.5 Å². The first kappa shape index (κ1) is 25.6. The van der Waals surface area contributed by atoms with Crippen molar-refractivity contribution in [3.8, 4) is 0 Å². The van der Waals surface area contributed by atoms with Gasteiger partial charge in [0.05, 0.1) is 18.8 Å². The van der Waals surface area contributed by atoms with Crippen LogP contribution in [0.2, 0.25) is 0 Å². The van der Waals surface area contributed by atoms with Gasteiger partial charge in [-0.3, -0.25) is 5.32 Å². The molecular formula is C27H34N2O5. The number of aliphatic hydroxyl groups is 1. The predicted molar refractivity (Wildman–Crippen MR) is 132 cm³/mol. The zero-order valence-corrected chi connectivity index (χ0v) is 19.9. The van der Waals surface area contributed by atoms with Gasteiger partial charge in [-0.25, -0.2) is 4.79 Å². The molecular weight excluding hydrogens is 432 g/mol. The summed E-state index contributed by atoms with van der Waals surface area (Å²) in [5, 5.41) is 12.1. The SMILES string of the molecule is C=CCOC(=O)Nc1ccc([C@H]2O[C@@H](CN(C)CC=C)[C@@H](C)[C@@H](c3ccc(CO)cc3)O2)cc1. The average molecular weight is 467 g/mol. The second kappa shape index (κ2) is 12.5. The molecule has 2 aromatic rings. The van der Waals surface area contributed by atoms with E-state index in [1.54, 1.807) is 12.1 Å². The first-order chi connectivity index (χ1) is 16.4. The van der Waals surface area contributed by atoms with Gasteiger partial charge < -0.3 is 24.2 Å². The number of likely N-dealkylation sites (N-methyl/N-ethyl adjacent to an activating group) is 1. The molecule has 1 saturated heterocycles. The molecule has 0 aliphatic carbocycles. The molecule has 4 atom stereocenters. The Bertz CT molecular complexity index is 944. The van der Waals surface area contributed by atoms with Gasteiger partial charge in [-0.2, -0.15) is 0 Å². The highest BCUT2D eigenvalue weighted by atomic mass is 16.7. The van der Waals surface area contributed by atoms with Crippen LogP contribution in [0.3, 0.4) is 0 Å². The number of ether oxygens (including phenoxy) is 3. The number of aliphatic hydroxyl groups excluding tert-OH is 1. The van der Waals surface area contributed by atoms with Gasteiger partial charge in [0.1, 0.15) is 6.61 Å². The third-order valence-corrected chi connectivity index (χ3v) is 5.82. The molecule has 34 heavy (non-hydrogen) atoms. The Labute approximate surface area is 201 Å². The van der Waals surface area contributed by atoms with Crippen molar-refractivity contribution in [1.29, 1.82) is 0 Å². The van der Waals surface area contributed by atoms with Gasteiger partial charge in [-0.05, 0) is 30.3 Å². The third kappa shape index (κ3) is 6.77. The summed E-state index contributed by atoms with van der Waals surface area (Å²) in [7, 11) is 2.04. The van der Waals surface area contributed by atoms with Crippen molar-refractivity contribution in [1.82, 2.24) is 4.90 Å². The molecule has 7 nitrogen and oxygen atoms in total. The van der Waals surface area contributed by atoms with Gasteiger partial charge in [-0.1, -0.05) is 62.1 Å². The van der Waals surface area contributed by atoms with Crippen LogP contribution >= 0.6 is 0 Å². The molecule has 0 aromatic heterocycles. The Morgan fingerprint density at radius 3 is 2.38 bits per heavy atom. The Balaban J connectivity index is 1.79. The number of anilines is 1. The minimum Gasteiger partial charge on any atom is -0.445 e. The number of amides is 1. The molecule has 1 aliphatic rings. The number of carbonyl (C=O) groups excluding carboxylic acids is 1. The molecule has 2 aromatic carbocycles. The van der Waals surface area contributed by atoms with E-state index in [4.69, 9.17) is 14.2 Å². The van der Waals surface area contributed by atoms with Gasteiger partial charge in [-0.15, -0.1) is 6.58 Å². The molecule has 7 heteroatoms. The molecule has 0 radical (unpaired) electrons. The van der Waals surface area contributed by atoms with Crippen molar-refractivity contribution in [2.24, 2.45) is 5.92 Å². The number of nitrogens with one attached hydrogen (secondary N) is 1. The van der Waals surface area contributed by atoms with Crippen molar-refractivity contribution in [3.63, 3.8) is 0 Å². The number of carbonyl (C=O) groups is 1. The van der Waals surface area contributed by atoms with Crippen LogP contribution in [0, 0.1) is 5.92 Å². The number of nitrogens with zero attached hydrogens (tertiary/aromatic N) is 1. The molecule has 0 saturated carbocycles. The molecule has 182 valence electrons. The van der Waals surface area contributed by atoms with Crippen LogP contribution in [-0.4, -0.2) is 48.9 Å². The highest BCUT2D eigenvalue weighted by Crippen LogP contribution is 2.41. The zero-order valence-electron chi connectivity index (χ0n) is 19.9. The fraction of sp³-hybridized carbons (Fsp3) is 0.370. The molecule has 0 spiro atoms. The van der Waals surface area contributed by atoms with Crippen LogP contribution in [0.15, 0.2) is 73.8 Å². The summed E-state index contributed by atoms with van der Waals surface area (Å²) in [4.78, 5) is 14.0. The van der Waals surface area contributed by atoms with Gasteiger partial charge in [0, 0.05) is 30.3 Å². The topological polar surface area (TPSA) is 80.3 Å². The predicted octanol–water partition coefficient (Wildman–Crippen LogP) is 4.82. The quantitative estimate of drug-likeness (QED) is 0.489. The van der Waals surface area contributed by atoms with Crippen molar-refractivity contribution >= 4 is 11.8 Å². The van der Waals surface area contributed by atoms with Gasteiger partial charge in [0.2, 0.25) is 0 Å². The van der Waals surface area contributed by atoms with E-state index < -0.39 is 12.4 Å². The minimum atomic E-state index is -0.567. The first-order valence-corrected chi connectivity index (χ1v) is 11.4. The lowest BCUT2D eigenvalue weighted by atomic mass is 9.90. The van der Waals surface area contributed by atoms with E-state index in [1.165, 1.54) is 6.08 Å². The lowest BCUT2D eigenvalue weighted by molar-refractivity contribution is -0.275. The normalized spacial score (nSPS) is 22.2. The number of hydrogen-bond donors (Lipinski definition) is 2. The Morgan fingerprint density at radius 2 is 1.76 bits per heavy atom. The van der Waals surface area contributed by atoms with Crippen LogP contribution in [0.25, 0.3) is 0 Å². The summed E-state index contributed by atoms with van der Waals surface area (Å²) in [6.07, 6.45) is 2.03. The summed E-state index contributed by atoms with van der Waals surface area (Å²) < 4.78 is 17.8. The summed E-state index contributed by atoms with van der Waals surface area (Å²) in [5.41, 5.74) is 3.36. The maximum atomic E-state index is 11.8. The summed E-state index contributed by atoms with van der Waals surface area (Å²) in [5.74, 6) is 0.101. The van der Waals surface area contributed by atoms with Crippen LogP contribution in [0.1, 0.15) is 36.0 Å². The van der Waals surface area contributed by atoms with Gasteiger partial charge in [0.15, 0.2) is 6.29 Å². The number of rotatable bonds is 10. The van der Waals surface area contributed by atoms with E-state index in [9.17, 15) is 9.90 Å². The van der Waals surface area contributed by atoms with E-state index in [2.05, 4.69) is 30.3 Å². The molecule has 0 unspecified atom stereocenters. The average Bonchev–Trinajstić information content (AvgIpc) is 2.85. The van der Waals surface area contributed by atoms with Crippen molar-refractivity contribution in [2.45, 2.75) is 32.0 Å². The van der Waals surface area contributed by atoms with Crippen molar-refractivity contribution < 1.29 is 24.1 Å². The lowest BCUT2D eigenvalue weighted by Crippen LogP contribution is -2.43. The van der Waals surface area contributed by atoms with Gasteiger partial charge >= 0.3 is 6.09 Å². The Morgan fingerprint density at radius 1 is 1.09 bits per heavy atom. The summed E-state index contributed by atoms with van der Waals surface area (Å²) >= 11 is 0. The Kier molecular flexibility index (Phi) is 9.42. The third-order valence-electron chi connectivity index (χ3n) is 5.82. The van der Waals surface area contributed by atoms with E-state index in [-0.39, 0.29) is 31.3 Å². The molecule has 1 heterocycles. The number of hydrogen-bond acceptors (Lipinski definition) is 6. The second-order valence-corrected chi connectivity index (χ2v) is 8.47. The van der Waals surface area contributed by atoms with Crippen LogP contribution in [0.5, 0.6) is 0 Å². The maximum Gasteiger partial charge on any atom is 0.411 e. The summed E-state index contributed by atoms with van der Waals surface area (Å²) in [6, 6.07) is 15.2. The molecule has 1 fully saturated rings. The monoisotopic (exact) mass is 466 g/mol. The van der Waals surface area contributed by atoms with Gasteiger partial charge in [0.25, 0.3) is 0 Å². The minimum absolute atomic E-state index is 0.00355. The van der Waals surface area contributed by atoms with E-state index in [0.717, 1.165) is 29.8 Å². The highest BCUT2D eigenvalue weighted by Gasteiger charge is 2.38. The maximum absolute atomic E-state index is 11.8. The highest BCUT2D eigenvalue weighted by molar-refractivity contribution is 5.84. The molecule has 3 rings (SSSR count). The standard InChI is InChI=1S/C27H34N2O5/c1-5-15-29(4)17-24-19(3)25(21-9-7-20(18-30)8-10-21)34-26(33-24)22-11-13-23(14-12-22)28-27(31)32-16-6-2/h5-14,19,24-26,30H,1-2,15-18H2,3-4H3,(H,28,31)/t19-,24+,25+,26+/m1/s1. The second-order valence-electron chi connectivity index (χ2n) is 8.47.